The highest BCUT2D eigenvalue weighted by Crippen LogP contribution is 2.12. The number of hydrogen-bond acceptors (Lipinski definition) is 4. The quantitative estimate of drug-likeness (QED) is 0.674. The second-order valence-electron chi connectivity index (χ2n) is 3.45. The molecule has 0 aliphatic carbocycles. The van der Waals surface area contributed by atoms with Crippen molar-refractivity contribution < 1.29 is 9.47 Å². The van der Waals surface area contributed by atoms with Gasteiger partial charge in [-0.05, 0) is 6.92 Å². The van der Waals surface area contributed by atoms with Crippen molar-refractivity contribution in [3.63, 3.8) is 0 Å². The van der Waals surface area contributed by atoms with Crippen molar-refractivity contribution in [2.45, 2.75) is 26.7 Å². The Morgan fingerprint density at radius 1 is 1.33 bits per heavy atom. The van der Waals surface area contributed by atoms with E-state index in [-0.39, 0.29) is 0 Å². The summed E-state index contributed by atoms with van der Waals surface area (Å²) in [6.45, 7) is 7.91. The molecule has 0 aliphatic heterocycles. The first-order valence-electron chi connectivity index (χ1n) is 5.27. The van der Waals surface area contributed by atoms with Crippen LogP contribution in [0.3, 0.4) is 0 Å². The van der Waals surface area contributed by atoms with Gasteiger partial charge in [-0.1, -0.05) is 13.8 Å². The molecule has 0 bridgehead atoms. The Balaban J connectivity index is 2.43. The third kappa shape index (κ3) is 4.25. The second-order valence-corrected chi connectivity index (χ2v) is 3.45. The summed E-state index contributed by atoms with van der Waals surface area (Å²) in [5.74, 6) is 1.75. The van der Waals surface area contributed by atoms with E-state index in [1.165, 1.54) is 0 Å². The maximum Gasteiger partial charge on any atom is 0.216 e. The van der Waals surface area contributed by atoms with Crippen LogP contribution in [-0.2, 0) is 4.74 Å². The fourth-order valence-electron chi connectivity index (χ4n) is 1.06. The zero-order chi connectivity index (χ0) is 11.1. The molecule has 0 amide bonds. The molecule has 4 nitrogen and oxygen atoms in total. The van der Waals surface area contributed by atoms with Crippen LogP contribution in [0.15, 0.2) is 12.3 Å². The molecular weight excluding hydrogens is 192 g/mol. The van der Waals surface area contributed by atoms with Gasteiger partial charge in [-0.2, -0.15) is 4.98 Å². The summed E-state index contributed by atoms with van der Waals surface area (Å²) in [6, 6.07) is 1.76. The smallest absolute Gasteiger partial charge is 0.216 e. The molecule has 0 aromatic carbocycles. The lowest BCUT2D eigenvalue weighted by Gasteiger charge is -2.07. The van der Waals surface area contributed by atoms with E-state index >= 15 is 0 Å². The van der Waals surface area contributed by atoms with Crippen LogP contribution in [0.1, 0.15) is 32.5 Å². The Morgan fingerprint density at radius 3 is 2.80 bits per heavy atom. The molecule has 0 aliphatic rings. The molecule has 0 N–H and O–H groups in total. The van der Waals surface area contributed by atoms with Crippen LogP contribution < -0.4 is 4.74 Å². The van der Waals surface area contributed by atoms with Crippen LogP contribution in [0.4, 0.5) is 0 Å². The Kier molecular flexibility index (Phi) is 5.04. The largest absolute Gasteiger partial charge is 0.475 e. The van der Waals surface area contributed by atoms with Crippen molar-refractivity contribution in [1.29, 1.82) is 0 Å². The Bertz CT molecular complexity index is 290. The van der Waals surface area contributed by atoms with E-state index in [0.717, 1.165) is 5.82 Å². The monoisotopic (exact) mass is 210 g/mol. The van der Waals surface area contributed by atoms with Gasteiger partial charge in [-0.15, -0.1) is 0 Å². The van der Waals surface area contributed by atoms with E-state index in [1.807, 2.05) is 6.92 Å². The molecule has 1 rings (SSSR count). The van der Waals surface area contributed by atoms with Crippen LogP contribution in [0.5, 0.6) is 5.88 Å². The topological polar surface area (TPSA) is 44.2 Å². The predicted molar refractivity (Wildman–Crippen MR) is 58.1 cm³/mol. The average Bonchev–Trinajstić information content (AvgIpc) is 2.25. The Labute approximate surface area is 90.7 Å². The minimum atomic E-state index is 0.320. The minimum absolute atomic E-state index is 0.320. The van der Waals surface area contributed by atoms with Crippen molar-refractivity contribution in [2.75, 3.05) is 19.8 Å². The van der Waals surface area contributed by atoms with Crippen LogP contribution in [-0.4, -0.2) is 29.8 Å². The molecule has 0 radical (unpaired) electrons. The summed E-state index contributed by atoms with van der Waals surface area (Å²) in [5.41, 5.74) is 0. The molecule has 84 valence electrons. The highest BCUT2D eigenvalue weighted by molar-refractivity contribution is 5.09. The molecule has 1 heterocycles. The molecule has 0 atom stereocenters. The lowest BCUT2D eigenvalue weighted by atomic mass is 10.2. The van der Waals surface area contributed by atoms with E-state index in [9.17, 15) is 0 Å². The normalized spacial score (nSPS) is 10.7. The van der Waals surface area contributed by atoms with Gasteiger partial charge in [-0.25, -0.2) is 4.98 Å². The predicted octanol–water partition coefficient (Wildman–Crippen LogP) is 2.02. The molecule has 0 saturated heterocycles. The first-order valence-corrected chi connectivity index (χ1v) is 5.27. The van der Waals surface area contributed by atoms with E-state index < -0.39 is 0 Å². The number of aromatic nitrogens is 2. The summed E-state index contributed by atoms with van der Waals surface area (Å²) >= 11 is 0. The molecule has 1 aromatic rings. The first-order chi connectivity index (χ1) is 7.24. The van der Waals surface area contributed by atoms with Crippen LogP contribution in [0.25, 0.3) is 0 Å². The van der Waals surface area contributed by atoms with Crippen LogP contribution in [0.2, 0.25) is 0 Å². The van der Waals surface area contributed by atoms with E-state index in [1.54, 1.807) is 12.3 Å². The molecule has 0 unspecified atom stereocenters. The SMILES string of the molecule is CCOCCOc1ccnc(C(C)C)n1. The third-order valence-corrected chi connectivity index (χ3v) is 1.85. The van der Waals surface area contributed by atoms with Crippen LogP contribution in [0, 0.1) is 0 Å². The highest BCUT2D eigenvalue weighted by atomic mass is 16.5. The molecule has 0 saturated carbocycles. The van der Waals surface area contributed by atoms with Crippen LogP contribution >= 0.6 is 0 Å². The highest BCUT2D eigenvalue weighted by Gasteiger charge is 2.03. The van der Waals surface area contributed by atoms with E-state index in [0.29, 0.717) is 31.6 Å². The van der Waals surface area contributed by atoms with Gasteiger partial charge in [-0.3, -0.25) is 0 Å². The second kappa shape index (κ2) is 6.35. The summed E-state index contributed by atoms with van der Waals surface area (Å²) < 4.78 is 10.6. The maximum atomic E-state index is 5.42. The molecular formula is C11H18N2O2. The molecule has 15 heavy (non-hydrogen) atoms. The standard InChI is InChI=1S/C11H18N2O2/c1-4-14-7-8-15-10-5-6-12-11(13-10)9(2)3/h5-6,9H,4,7-8H2,1-3H3. The molecule has 1 aromatic heterocycles. The van der Waals surface area contributed by atoms with Gasteiger partial charge in [0.05, 0.1) is 6.61 Å². The summed E-state index contributed by atoms with van der Waals surface area (Å²) in [7, 11) is 0. The minimum Gasteiger partial charge on any atom is -0.475 e. The zero-order valence-electron chi connectivity index (χ0n) is 9.56. The van der Waals surface area contributed by atoms with Crippen molar-refractivity contribution >= 4 is 0 Å². The zero-order valence-corrected chi connectivity index (χ0v) is 9.56. The van der Waals surface area contributed by atoms with Crippen molar-refractivity contribution in [3.8, 4) is 5.88 Å². The summed E-state index contributed by atoms with van der Waals surface area (Å²) in [6.07, 6.45) is 1.72. The van der Waals surface area contributed by atoms with Gasteiger partial charge < -0.3 is 9.47 Å². The number of nitrogens with zero attached hydrogens (tertiary/aromatic N) is 2. The van der Waals surface area contributed by atoms with Gasteiger partial charge in [0.1, 0.15) is 12.4 Å². The van der Waals surface area contributed by atoms with Crippen molar-refractivity contribution in [3.05, 3.63) is 18.1 Å². The fraction of sp³-hybridized carbons (Fsp3) is 0.636. The van der Waals surface area contributed by atoms with Gasteiger partial charge in [0.2, 0.25) is 5.88 Å². The summed E-state index contributed by atoms with van der Waals surface area (Å²) in [4.78, 5) is 8.44. The molecule has 4 heteroatoms. The van der Waals surface area contributed by atoms with E-state index in [4.69, 9.17) is 9.47 Å². The van der Waals surface area contributed by atoms with Gasteiger partial charge >= 0.3 is 0 Å². The average molecular weight is 210 g/mol. The van der Waals surface area contributed by atoms with Crippen molar-refractivity contribution in [1.82, 2.24) is 9.97 Å². The number of rotatable bonds is 6. The Morgan fingerprint density at radius 2 is 2.13 bits per heavy atom. The van der Waals surface area contributed by atoms with Gasteiger partial charge in [0, 0.05) is 24.8 Å². The number of hydrogen-bond donors (Lipinski definition) is 0. The first kappa shape index (κ1) is 11.9. The van der Waals surface area contributed by atoms with Gasteiger partial charge in [0.15, 0.2) is 0 Å². The van der Waals surface area contributed by atoms with Crippen molar-refractivity contribution in [2.24, 2.45) is 0 Å². The lowest BCUT2D eigenvalue weighted by Crippen LogP contribution is -2.08. The fourth-order valence-corrected chi connectivity index (χ4v) is 1.06. The van der Waals surface area contributed by atoms with Gasteiger partial charge in [0.25, 0.3) is 0 Å². The number of ether oxygens (including phenoxy) is 2. The summed E-state index contributed by atoms with van der Waals surface area (Å²) in [5, 5.41) is 0. The third-order valence-electron chi connectivity index (χ3n) is 1.85. The molecule has 0 spiro atoms. The molecule has 0 fully saturated rings. The Hall–Kier alpha value is -1.16. The lowest BCUT2D eigenvalue weighted by molar-refractivity contribution is 0.108. The maximum absolute atomic E-state index is 5.42. The van der Waals surface area contributed by atoms with E-state index in [2.05, 4.69) is 23.8 Å².